The number of nitrogens with zero attached hydrogens (tertiary/aromatic N) is 4. The van der Waals surface area contributed by atoms with Crippen LogP contribution in [0.15, 0.2) is 6.07 Å². The van der Waals surface area contributed by atoms with Gasteiger partial charge in [-0.1, -0.05) is 6.92 Å². The number of aromatic nitrogens is 2. The molecule has 0 bridgehead atoms. The molecule has 1 aromatic heterocycles. The number of anilines is 2. The smallest absolute Gasteiger partial charge is 0.134 e. The Morgan fingerprint density at radius 3 is 2.84 bits per heavy atom. The van der Waals surface area contributed by atoms with E-state index >= 15 is 0 Å². The van der Waals surface area contributed by atoms with E-state index in [4.69, 9.17) is 15.7 Å². The van der Waals surface area contributed by atoms with Crippen LogP contribution in [0.3, 0.4) is 0 Å². The van der Waals surface area contributed by atoms with E-state index in [1.807, 2.05) is 4.90 Å². The van der Waals surface area contributed by atoms with Crippen molar-refractivity contribution in [3.8, 4) is 6.07 Å². The number of methoxy groups -OCH3 is 1. The number of aryl methyl sites for hydroxylation is 1. The summed E-state index contributed by atoms with van der Waals surface area (Å²) in [6.45, 7) is 3.95. The van der Waals surface area contributed by atoms with Gasteiger partial charge in [0.05, 0.1) is 19.1 Å². The Labute approximate surface area is 114 Å². The third kappa shape index (κ3) is 5.10. The maximum absolute atomic E-state index is 8.72. The Balaban J connectivity index is 2.89. The molecule has 0 spiro atoms. The molecule has 19 heavy (non-hydrogen) atoms. The molecule has 0 atom stereocenters. The Morgan fingerprint density at radius 1 is 1.42 bits per heavy atom. The highest BCUT2D eigenvalue weighted by Crippen LogP contribution is 2.15. The summed E-state index contributed by atoms with van der Waals surface area (Å²) in [5.74, 6) is 1.98. The first-order valence-corrected chi connectivity index (χ1v) is 6.45. The molecule has 6 nitrogen and oxygen atoms in total. The minimum absolute atomic E-state index is 0.441. The second-order valence-electron chi connectivity index (χ2n) is 4.21. The first kappa shape index (κ1) is 15.2. The standard InChI is InChI=1S/C13H21N5O/c1-3-5-12-16-11(15)10-13(17-12)18(7-4-6-14)8-9-19-2/h10H,3-5,7-9H2,1-2H3,(H2,15,16,17). The van der Waals surface area contributed by atoms with Crippen LogP contribution in [0, 0.1) is 11.3 Å². The van der Waals surface area contributed by atoms with Crippen molar-refractivity contribution >= 4 is 11.6 Å². The van der Waals surface area contributed by atoms with Crippen LogP contribution >= 0.6 is 0 Å². The summed E-state index contributed by atoms with van der Waals surface area (Å²) in [7, 11) is 1.65. The highest BCUT2D eigenvalue weighted by Gasteiger charge is 2.10. The molecule has 0 aliphatic heterocycles. The summed E-state index contributed by atoms with van der Waals surface area (Å²) in [4.78, 5) is 10.7. The number of nitrogen functional groups attached to an aromatic ring is 1. The largest absolute Gasteiger partial charge is 0.384 e. The van der Waals surface area contributed by atoms with Crippen molar-refractivity contribution in [2.45, 2.75) is 26.2 Å². The van der Waals surface area contributed by atoms with Gasteiger partial charge in [-0.05, 0) is 6.42 Å². The topological polar surface area (TPSA) is 88.1 Å². The van der Waals surface area contributed by atoms with Gasteiger partial charge in [-0.2, -0.15) is 5.26 Å². The van der Waals surface area contributed by atoms with Crippen LogP contribution in [0.25, 0.3) is 0 Å². The highest BCUT2D eigenvalue weighted by molar-refractivity contribution is 5.47. The van der Waals surface area contributed by atoms with Crippen molar-refractivity contribution in [1.29, 1.82) is 5.26 Å². The predicted octanol–water partition coefficient (Wildman–Crippen LogP) is 1.38. The van der Waals surface area contributed by atoms with Crippen LogP contribution in [-0.4, -0.2) is 36.8 Å². The number of nitrogens with two attached hydrogens (primary N) is 1. The molecule has 0 saturated heterocycles. The summed E-state index contributed by atoms with van der Waals surface area (Å²) in [5.41, 5.74) is 5.81. The van der Waals surface area contributed by atoms with E-state index in [0.29, 0.717) is 31.9 Å². The van der Waals surface area contributed by atoms with Crippen molar-refractivity contribution in [2.75, 3.05) is 37.4 Å². The van der Waals surface area contributed by atoms with E-state index in [0.717, 1.165) is 24.5 Å². The number of nitriles is 1. The molecule has 1 rings (SSSR count). The number of hydrogen-bond acceptors (Lipinski definition) is 6. The maximum atomic E-state index is 8.72. The molecule has 2 N–H and O–H groups in total. The highest BCUT2D eigenvalue weighted by atomic mass is 16.5. The zero-order valence-electron chi connectivity index (χ0n) is 11.6. The summed E-state index contributed by atoms with van der Waals surface area (Å²) in [5, 5.41) is 8.72. The molecule has 0 radical (unpaired) electrons. The van der Waals surface area contributed by atoms with E-state index in [2.05, 4.69) is 23.0 Å². The fourth-order valence-corrected chi connectivity index (χ4v) is 1.73. The van der Waals surface area contributed by atoms with Crippen LogP contribution in [0.4, 0.5) is 11.6 Å². The van der Waals surface area contributed by atoms with Gasteiger partial charge >= 0.3 is 0 Å². The molecule has 0 aromatic carbocycles. The summed E-state index contributed by atoms with van der Waals surface area (Å²) in [6.07, 6.45) is 2.21. The fourth-order valence-electron chi connectivity index (χ4n) is 1.73. The molecule has 6 heteroatoms. The van der Waals surface area contributed by atoms with Crippen molar-refractivity contribution in [3.63, 3.8) is 0 Å². The van der Waals surface area contributed by atoms with Gasteiger partial charge in [-0.15, -0.1) is 0 Å². The summed E-state index contributed by atoms with van der Waals surface area (Å²) < 4.78 is 5.08. The van der Waals surface area contributed by atoms with Gasteiger partial charge in [0.2, 0.25) is 0 Å². The summed E-state index contributed by atoms with van der Waals surface area (Å²) in [6, 6.07) is 3.88. The maximum Gasteiger partial charge on any atom is 0.134 e. The van der Waals surface area contributed by atoms with E-state index in [-0.39, 0.29) is 0 Å². The molecule has 0 saturated carbocycles. The van der Waals surface area contributed by atoms with Gasteiger partial charge < -0.3 is 15.4 Å². The van der Waals surface area contributed by atoms with Crippen LogP contribution in [-0.2, 0) is 11.2 Å². The number of ether oxygens (including phenoxy) is 1. The Morgan fingerprint density at radius 2 is 2.21 bits per heavy atom. The monoisotopic (exact) mass is 263 g/mol. The first-order valence-electron chi connectivity index (χ1n) is 6.45. The molecule has 104 valence electrons. The van der Waals surface area contributed by atoms with Gasteiger partial charge in [0.1, 0.15) is 17.5 Å². The van der Waals surface area contributed by atoms with E-state index < -0.39 is 0 Å². The lowest BCUT2D eigenvalue weighted by Gasteiger charge is -2.22. The average molecular weight is 263 g/mol. The molecule has 0 amide bonds. The van der Waals surface area contributed by atoms with Gasteiger partial charge in [-0.3, -0.25) is 0 Å². The molecule has 1 aromatic rings. The zero-order valence-corrected chi connectivity index (χ0v) is 11.6. The van der Waals surface area contributed by atoms with Crippen LogP contribution in [0.2, 0.25) is 0 Å². The SMILES string of the molecule is CCCc1nc(N)cc(N(CCC#N)CCOC)n1. The lowest BCUT2D eigenvalue weighted by atomic mass is 10.3. The molecule has 0 fully saturated rings. The van der Waals surface area contributed by atoms with Gasteiger partial charge in [0.25, 0.3) is 0 Å². The molecule has 1 heterocycles. The molecular formula is C13H21N5O. The Bertz CT molecular complexity index is 430. The van der Waals surface area contributed by atoms with Crippen molar-refractivity contribution < 1.29 is 4.74 Å². The van der Waals surface area contributed by atoms with Crippen molar-refractivity contribution in [1.82, 2.24) is 9.97 Å². The molecule has 0 unspecified atom stereocenters. The first-order chi connectivity index (χ1) is 9.21. The minimum atomic E-state index is 0.441. The van der Waals surface area contributed by atoms with Crippen LogP contribution < -0.4 is 10.6 Å². The molecular weight excluding hydrogens is 242 g/mol. The lowest BCUT2D eigenvalue weighted by molar-refractivity contribution is 0.205. The zero-order chi connectivity index (χ0) is 14.1. The third-order valence-electron chi connectivity index (χ3n) is 2.64. The van der Waals surface area contributed by atoms with E-state index in [1.165, 1.54) is 0 Å². The van der Waals surface area contributed by atoms with E-state index in [1.54, 1.807) is 13.2 Å². The van der Waals surface area contributed by atoms with Crippen molar-refractivity contribution in [3.05, 3.63) is 11.9 Å². The number of hydrogen-bond donors (Lipinski definition) is 1. The van der Waals surface area contributed by atoms with Gasteiger partial charge in [-0.25, -0.2) is 9.97 Å². The van der Waals surface area contributed by atoms with Crippen molar-refractivity contribution in [2.24, 2.45) is 0 Å². The van der Waals surface area contributed by atoms with Crippen LogP contribution in [0.5, 0.6) is 0 Å². The second-order valence-corrected chi connectivity index (χ2v) is 4.21. The lowest BCUT2D eigenvalue weighted by Crippen LogP contribution is -2.29. The second kappa shape index (κ2) is 8.27. The minimum Gasteiger partial charge on any atom is -0.384 e. The van der Waals surface area contributed by atoms with E-state index in [9.17, 15) is 0 Å². The average Bonchev–Trinajstić information content (AvgIpc) is 2.38. The Hall–Kier alpha value is -1.87. The van der Waals surface area contributed by atoms with Gasteiger partial charge in [0, 0.05) is 32.7 Å². The normalized spacial score (nSPS) is 10.2. The predicted molar refractivity (Wildman–Crippen MR) is 74.8 cm³/mol. The summed E-state index contributed by atoms with van der Waals surface area (Å²) >= 11 is 0. The molecule has 0 aliphatic carbocycles. The Kier molecular flexibility index (Phi) is 6.61. The fraction of sp³-hybridized carbons (Fsp3) is 0.615. The number of rotatable bonds is 8. The van der Waals surface area contributed by atoms with Gasteiger partial charge in [0.15, 0.2) is 0 Å². The van der Waals surface area contributed by atoms with Crippen LogP contribution in [0.1, 0.15) is 25.6 Å². The quantitative estimate of drug-likeness (QED) is 0.762. The third-order valence-corrected chi connectivity index (χ3v) is 2.64. The molecule has 0 aliphatic rings.